The molecule has 0 aliphatic carbocycles. The van der Waals surface area contributed by atoms with Crippen LogP contribution in [0.3, 0.4) is 0 Å². The van der Waals surface area contributed by atoms with Gasteiger partial charge in [-0.3, -0.25) is 4.79 Å². The Morgan fingerprint density at radius 1 is 1.40 bits per heavy atom. The molecule has 1 aromatic rings. The van der Waals surface area contributed by atoms with Gasteiger partial charge in [0, 0.05) is 18.2 Å². The predicted octanol–water partition coefficient (Wildman–Crippen LogP) is 3.07. The number of hydrogen-bond acceptors (Lipinski definition) is 3. The zero-order chi connectivity index (χ0) is 14.4. The summed E-state index contributed by atoms with van der Waals surface area (Å²) in [7, 11) is 1.51. The molecule has 1 saturated heterocycles. The van der Waals surface area contributed by atoms with E-state index < -0.39 is 0 Å². The molecule has 1 fully saturated rings. The minimum Gasteiger partial charge on any atom is -0.399 e. The first-order chi connectivity index (χ1) is 9.76. The Balaban J connectivity index is 2.10. The highest BCUT2D eigenvalue weighted by Crippen LogP contribution is 2.21. The Hall–Kier alpha value is -1.84. The van der Waals surface area contributed by atoms with Gasteiger partial charge >= 0.3 is 0 Å². The minimum absolute atomic E-state index is 0.145. The highest BCUT2D eigenvalue weighted by atomic mass is 16.6. The molecule has 0 saturated carbocycles. The Morgan fingerprint density at radius 2 is 2.15 bits per heavy atom. The van der Waals surface area contributed by atoms with Crippen LogP contribution in [-0.2, 0) is 4.84 Å². The number of oxime groups is 1. The van der Waals surface area contributed by atoms with Crippen molar-refractivity contribution in [1.29, 1.82) is 0 Å². The number of carbonyl (C=O) groups is 1. The summed E-state index contributed by atoms with van der Waals surface area (Å²) < 4.78 is 0. The van der Waals surface area contributed by atoms with Gasteiger partial charge in [-0.2, -0.15) is 0 Å². The molecule has 4 heteroatoms. The highest BCUT2D eigenvalue weighted by molar-refractivity contribution is 5.95. The van der Waals surface area contributed by atoms with Crippen LogP contribution in [0.5, 0.6) is 0 Å². The van der Waals surface area contributed by atoms with Crippen molar-refractivity contribution >= 4 is 12.1 Å². The summed E-state index contributed by atoms with van der Waals surface area (Å²) in [6.45, 7) is 3.03. The summed E-state index contributed by atoms with van der Waals surface area (Å²) >= 11 is 0. The van der Waals surface area contributed by atoms with Gasteiger partial charge in [0.05, 0.1) is 6.21 Å². The normalized spacial score (nSPS) is 19.3. The second-order valence-corrected chi connectivity index (χ2v) is 5.10. The van der Waals surface area contributed by atoms with Crippen molar-refractivity contribution < 1.29 is 9.63 Å². The third kappa shape index (κ3) is 3.38. The molecule has 0 bridgehead atoms. The molecule has 1 unspecified atom stereocenters. The largest absolute Gasteiger partial charge is 0.399 e. The van der Waals surface area contributed by atoms with E-state index in [1.54, 1.807) is 6.21 Å². The smallest absolute Gasteiger partial charge is 0.254 e. The first kappa shape index (κ1) is 14.6. The number of nitrogens with zero attached hydrogens (tertiary/aromatic N) is 2. The van der Waals surface area contributed by atoms with Crippen molar-refractivity contribution in [3.05, 3.63) is 35.4 Å². The highest BCUT2D eigenvalue weighted by Gasteiger charge is 2.25. The molecule has 4 nitrogen and oxygen atoms in total. The summed E-state index contributed by atoms with van der Waals surface area (Å²) in [6, 6.07) is 7.90. The lowest BCUT2D eigenvalue weighted by Crippen LogP contribution is -2.43. The van der Waals surface area contributed by atoms with Crippen molar-refractivity contribution in [2.45, 2.75) is 38.6 Å². The van der Waals surface area contributed by atoms with Crippen molar-refractivity contribution in [3.8, 4) is 0 Å². The van der Waals surface area contributed by atoms with E-state index in [1.807, 2.05) is 29.2 Å². The van der Waals surface area contributed by atoms with Crippen LogP contribution in [0.1, 0.15) is 48.5 Å². The quantitative estimate of drug-likeness (QED) is 0.625. The summed E-state index contributed by atoms with van der Waals surface area (Å²) in [5.41, 5.74) is 1.68. The molecule has 1 aromatic carbocycles. The van der Waals surface area contributed by atoms with Crippen LogP contribution in [0.4, 0.5) is 0 Å². The molecule has 2 rings (SSSR count). The van der Waals surface area contributed by atoms with Crippen molar-refractivity contribution in [2.24, 2.45) is 5.16 Å². The molecule has 1 amide bonds. The number of likely N-dealkylation sites (tertiary alicyclic amines) is 1. The molecule has 108 valence electrons. The minimum atomic E-state index is 0.145. The van der Waals surface area contributed by atoms with Crippen LogP contribution in [0.15, 0.2) is 29.4 Å². The van der Waals surface area contributed by atoms with E-state index >= 15 is 0 Å². The molecular weight excluding hydrogens is 252 g/mol. The summed E-state index contributed by atoms with van der Waals surface area (Å²) in [5.74, 6) is 0.145. The molecule has 20 heavy (non-hydrogen) atoms. The van der Waals surface area contributed by atoms with E-state index in [2.05, 4.69) is 16.9 Å². The van der Waals surface area contributed by atoms with Gasteiger partial charge in [-0.25, -0.2) is 0 Å². The van der Waals surface area contributed by atoms with E-state index in [-0.39, 0.29) is 5.91 Å². The first-order valence-corrected chi connectivity index (χ1v) is 7.23. The number of benzene rings is 1. The lowest BCUT2D eigenvalue weighted by atomic mass is 9.98. The molecule has 1 aliphatic heterocycles. The monoisotopic (exact) mass is 274 g/mol. The van der Waals surface area contributed by atoms with Gasteiger partial charge in [-0.15, -0.1) is 0 Å². The average Bonchev–Trinajstić information content (AvgIpc) is 2.52. The van der Waals surface area contributed by atoms with Crippen LogP contribution in [0.25, 0.3) is 0 Å². The van der Waals surface area contributed by atoms with Gasteiger partial charge in [-0.1, -0.05) is 24.2 Å². The molecular formula is C16H22N2O2. The zero-order valence-corrected chi connectivity index (χ0v) is 12.2. The molecule has 1 aliphatic rings. The topological polar surface area (TPSA) is 41.9 Å². The van der Waals surface area contributed by atoms with Gasteiger partial charge in [0.15, 0.2) is 0 Å². The Labute approximate surface area is 120 Å². The number of piperidine rings is 1. The number of hydrogen-bond donors (Lipinski definition) is 0. The lowest BCUT2D eigenvalue weighted by molar-refractivity contribution is 0.0608. The van der Waals surface area contributed by atoms with Gasteiger partial charge in [0.1, 0.15) is 7.11 Å². The van der Waals surface area contributed by atoms with E-state index in [4.69, 9.17) is 0 Å². The Bertz CT molecular complexity index is 468. The second kappa shape index (κ2) is 7.08. The summed E-state index contributed by atoms with van der Waals surface area (Å²) in [5, 5.41) is 3.71. The van der Waals surface area contributed by atoms with E-state index in [0.717, 1.165) is 36.9 Å². The number of amides is 1. The standard InChI is InChI=1S/C16H22N2O2/c1-3-15-6-4-5-11-18(15)16(19)14-9-7-13(8-10-14)12-17-20-2/h7-10,12,15H,3-6,11H2,1-2H3. The molecule has 0 radical (unpaired) electrons. The lowest BCUT2D eigenvalue weighted by Gasteiger charge is -2.35. The summed E-state index contributed by atoms with van der Waals surface area (Å²) in [6.07, 6.45) is 6.13. The maximum atomic E-state index is 12.6. The second-order valence-electron chi connectivity index (χ2n) is 5.10. The molecule has 1 atom stereocenters. The molecule has 0 spiro atoms. The first-order valence-electron chi connectivity index (χ1n) is 7.23. The van der Waals surface area contributed by atoms with Crippen LogP contribution in [-0.4, -0.2) is 36.7 Å². The van der Waals surface area contributed by atoms with Crippen molar-refractivity contribution in [1.82, 2.24) is 4.90 Å². The fraction of sp³-hybridized carbons (Fsp3) is 0.500. The van der Waals surface area contributed by atoms with Crippen molar-refractivity contribution in [3.63, 3.8) is 0 Å². The van der Waals surface area contributed by atoms with Crippen molar-refractivity contribution in [2.75, 3.05) is 13.7 Å². The van der Waals surface area contributed by atoms with Gasteiger partial charge < -0.3 is 9.74 Å². The maximum absolute atomic E-state index is 12.6. The van der Waals surface area contributed by atoms with Crippen LogP contribution < -0.4 is 0 Å². The van der Waals surface area contributed by atoms with Crippen LogP contribution in [0, 0.1) is 0 Å². The molecule has 0 N–H and O–H groups in total. The van der Waals surface area contributed by atoms with Gasteiger partial charge in [0.25, 0.3) is 5.91 Å². The van der Waals surface area contributed by atoms with Gasteiger partial charge in [-0.05, 0) is 43.4 Å². The average molecular weight is 274 g/mol. The summed E-state index contributed by atoms with van der Waals surface area (Å²) in [4.78, 5) is 19.2. The fourth-order valence-corrected chi connectivity index (χ4v) is 2.68. The Kier molecular flexibility index (Phi) is 5.16. The van der Waals surface area contributed by atoms with E-state index in [0.29, 0.717) is 6.04 Å². The maximum Gasteiger partial charge on any atom is 0.254 e. The Morgan fingerprint density at radius 3 is 2.80 bits per heavy atom. The van der Waals surface area contributed by atoms with Crippen LogP contribution >= 0.6 is 0 Å². The third-order valence-electron chi connectivity index (χ3n) is 3.82. The fourth-order valence-electron chi connectivity index (χ4n) is 2.68. The van der Waals surface area contributed by atoms with E-state index in [9.17, 15) is 4.79 Å². The zero-order valence-electron chi connectivity index (χ0n) is 12.2. The van der Waals surface area contributed by atoms with Gasteiger partial charge in [0.2, 0.25) is 0 Å². The number of carbonyl (C=O) groups excluding carboxylic acids is 1. The predicted molar refractivity (Wildman–Crippen MR) is 80.0 cm³/mol. The van der Waals surface area contributed by atoms with E-state index in [1.165, 1.54) is 13.5 Å². The third-order valence-corrected chi connectivity index (χ3v) is 3.82. The number of rotatable bonds is 4. The SMILES string of the molecule is CCC1CCCCN1C(=O)c1ccc(C=NOC)cc1. The molecule has 1 heterocycles. The molecule has 0 aromatic heterocycles. The van der Waals surface area contributed by atoms with Crippen LogP contribution in [0.2, 0.25) is 0 Å².